The van der Waals surface area contributed by atoms with Crippen LogP contribution >= 0.6 is 11.3 Å². The first kappa shape index (κ1) is 10.2. The van der Waals surface area contributed by atoms with E-state index >= 15 is 0 Å². The first-order chi connectivity index (χ1) is 8.42. The molecule has 0 atom stereocenters. The Morgan fingerprint density at radius 2 is 1.82 bits per heavy atom. The van der Waals surface area contributed by atoms with Gasteiger partial charge in [0, 0.05) is 6.20 Å². The summed E-state index contributed by atoms with van der Waals surface area (Å²) in [5.74, 6) is 0. The summed E-state index contributed by atoms with van der Waals surface area (Å²) in [4.78, 5) is 9.48. The normalized spacial score (nSPS) is 11.9. The minimum atomic E-state index is 0.780. The standard InChI is InChI=1S/C14H10N2S/c1-2-5-12-10-13(7-6-11(12)4-1)16-14-15-8-3-9-17-14/h1-10H. The molecule has 2 aromatic carbocycles. The van der Waals surface area contributed by atoms with E-state index in [-0.39, 0.29) is 0 Å². The molecule has 0 saturated carbocycles. The van der Waals surface area contributed by atoms with Crippen molar-refractivity contribution in [3.8, 4) is 0 Å². The van der Waals surface area contributed by atoms with Gasteiger partial charge in [-0.15, -0.1) is 11.3 Å². The molecule has 3 aromatic rings. The zero-order valence-corrected chi connectivity index (χ0v) is 9.89. The monoisotopic (exact) mass is 238 g/mol. The van der Waals surface area contributed by atoms with Crippen LogP contribution in [-0.4, -0.2) is 4.98 Å². The zero-order valence-electron chi connectivity index (χ0n) is 9.08. The van der Waals surface area contributed by atoms with Gasteiger partial charge < -0.3 is 0 Å². The lowest BCUT2D eigenvalue weighted by molar-refractivity contribution is 1.21. The van der Waals surface area contributed by atoms with Crippen molar-refractivity contribution in [1.29, 1.82) is 0 Å². The van der Waals surface area contributed by atoms with Crippen molar-refractivity contribution >= 4 is 27.8 Å². The van der Waals surface area contributed by atoms with E-state index in [2.05, 4.69) is 34.2 Å². The van der Waals surface area contributed by atoms with Gasteiger partial charge >= 0.3 is 0 Å². The van der Waals surface area contributed by atoms with Gasteiger partial charge in [0.2, 0.25) is 4.80 Å². The van der Waals surface area contributed by atoms with Crippen LogP contribution in [0.3, 0.4) is 0 Å². The van der Waals surface area contributed by atoms with Gasteiger partial charge in [-0.2, -0.15) is 0 Å². The van der Waals surface area contributed by atoms with E-state index in [1.165, 1.54) is 22.1 Å². The summed E-state index contributed by atoms with van der Waals surface area (Å²) in [6, 6.07) is 16.4. The molecule has 17 heavy (non-hydrogen) atoms. The largest absolute Gasteiger partial charge is 0.228 e. The molecular formula is C14H10N2S. The lowest BCUT2D eigenvalue weighted by Gasteiger charge is -1.98. The fourth-order valence-corrected chi connectivity index (χ4v) is 2.23. The number of benzene rings is 2. The van der Waals surface area contributed by atoms with Crippen LogP contribution < -0.4 is 4.80 Å². The van der Waals surface area contributed by atoms with Crippen molar-refractivity contribution in [3.05, 3.63) is 64.9 Å². The number of nitrogens with zero attached hydrogens (tertiary/aromatic N) is 2. The van der Waals surface area contributed by atoms with Crippen molar-refractivity contribution < 1.29 is 0 Å². The smallest absolute Gasteiger partial charge is 0.209 e. The lowest BCUT2D eigenvalue weighted by Crippen LogP contribution is -1.99. The van der Waals surface area contributed by atoms with Crippen LogP contribution in [0.2, 0.25) is 0 Å². The van der Waals surface area contributed by atoms with Gasteiger partial charge in [-0.05, 0) is 34.4 Å². The van der Waals surface area contributed by atoms with Crippen LogP contribution in [0.1, 0.15) is 0 Å². The summed E-state index contributed by atoms with van der Waals surface area (Å²) < 4.78 is 0. The van der Waals surface area contributed by atoms with Crippen molar-refractivity contribution in [3.63, 3.8) is 0 Å². The molecule has 0 N–H and O–H groups in total. The van der Waals surface area contributed by atoms with Crippen molar-refractivity contribution in [2.24, 2.45) is 4.99 Å². The van der Waals surface area contributed by atoms with Crippen molar-refractivity contribution in [2.45, 2.75) is 0 Å². The van der Waals surface area contributed by atoms with Crippen LogP contribution in [0.15, 0.2) is 65.1 Å². The molecule has 0 radical (unpaired) electrons. The number of hydrogen-bond acceptors (Lipinski definition) is 3. The van der Waals surface area contributed by atoms with Gasteiger partial charge in [0.05, 0.1) is 5.69 Å². The van der Waals surface area contributed by atoms with E-state index in [4.69, 9.17) is 0 Å². The molecule has 3 rings (SSSR count). The Balaban J connectivity index is 2.14. The number of fused-ring (bicyclic) bond motifs is 1. The van der Waals surface area contributed by atoms with Gasteiger partial charge in [-0.3, -0.25) is 0 Å². The molecule has 0 saturated heterocycles. The Bertz CT molecular complexity index is 699. The maximum atomic E-state index is 4.50. The van der Waals surface area contributed by atoms with E-state index in [0.29, 0.717) is 0 Å². The Morgan fingerprint density at radius 3 is 2.65 bits per heavy atom. The van der Waals surface area contributed by atoms with E-state index in [1.54, 1.807) is 6.20 Å². The number of rotatable bonds is 1. The van der Waals surface area contributed by atoms with Crippen molar-refractivity contribution in [1.82, 2.24) is 4.98 Å². The molecular weight excluding hydrogens is 228 g/mol. The molecule has 0 aliphatic heterocycles. The third kappa shape index (κ3) is 2.24. The molecule has 0 aliphatic rings. The molecule has 0 aliphatic carbocycles. The fourth-order valence-electron chi connectivity index (χ4n) is 1.68. The van der Waals surface area contributed by atoms with Crippen LogP contribution in [0, 0.1) is 0 Å². The first-order valence-electron chi connectivity index (χ1n) is 5.35. The van der Waals surface area contributed by atoms with E-state index in [0.717, 1.165) is 10.5 Å². The topological polar surface area (TPSA) is 25.2 Å². The van der Waals surface area contributed by atoms with Gasteiger partial charge in [0.25, 0.3) is 0 Å². The first-order valence-corrected chi connectivity index (χ1v) is 6.23. The number of hydrogen-bond donors (Lipinski definition) is 0. The second-order valence-electron chi connectivity index (χ2n) is 3.65. The van der Waals surface area contributed by atoms with Gasteiger partial charge in [-0.1, -0.05) is 30.3 Å². The van der Waals surface area contributed by atoms with Crippen LogP contribution in [-0.2, 0) is 0 Å². The Labute approximate surface area is 103 Å². The molecule has 1 aromatic heterocycles. The quantitative estimate of drug-likeness (QED) is 0.636. The molecule has 82 valence electrons. The molecule has 0 spiro atoms. The average molecular weight is 238 g/mol. The van der Waals surface area contributed by atoms with Crippen LogP contribution in [0.5, 0.6) is 0 Å². The van der Waals surface area contributed by atoms with Gasteiger partial charge in [-0.25, -0.2) is 9.98 Å². The number of aromatic nitrogens is 1. The van der Waals surface area contributed by atoms with Gasteiger partial charge in [0.15, 0.2) is 0 Å². The maximum Gasteiger partial charge on any atom is 0.209 e. The molecule has 1 heterocycles. The summed E-state index contributed by atoms with van der Waals surface area (Å²) in [5.41, 5.74) is 0.943. The lowest BCUT2D eigenvalue weighted by atomic mass is 10.1. The molecule has 2 nitrogen and oxygen atoms in total. The molecule has 0 fully saturated rings. The Morgan fingerprint density at radius 1 is 0.941 bits per heavy atom. The zero-order chi connectivity index (χ0) is 11.5. The van der Waals surface area contributed by atoms with E-state index in [1.807, 2.05) is 29.6 Å². The predicted octanol–water partition coefficient (Wildman–Crippen LogP) is 3.53. The highest BCUT2D eigenvalue weighted by Gasteiger charge is 1.94. The minimum absolute atomic E-state index is 0.780. The van der Waals surface area contributed by atoms with Crippen LogP contribution in [0.4, 0.5) is 5.69 Å². The van der Waals surface area contributed by atoms with E-state index < -0.39 is 0 Å². The summed E-state index contributed by atoms with van der Waals surface area (Å²) in [6.07, 6.45) is 1.76. The summed E-state index contributed by atoms with van der Waals surface area (Å²) >= 11 is 1.53. The SMILES string of the molecule is c1cnc(=Nc2ccc3ccccc3c2)sc1. The van der Waals surface area contributed by atoms with Crippen LogP contribution in [0.25, 0.3) is 10.8 Å². The molecule has 0 unspecified atom stereocenters. The third-order valence-electron chi connectivity index (χ3n) is 2.48. The summed E-state index contributed by atoms with van der Waals surface area (Å²) in [6.45, 7) is 0. The highest BCUT2D eigenvalue weighted by Crippen LogP contribution is 2.20. The predicted molar refractivity (Wildman–Crippen MR) is 71.3 cm³/mol. The fraction of sp³-hybridized carbons (Fsp3) is 0. The highest BCUT2D eigenvalue weighted by molar-refractivity contribution is 7.06. The highest BCUT2D eigenvalue weighted by atomic mass is 32.1. The molecule has 3 heteroatoms. The second-order valence-corrected chi connectivity index (χ2v) is 4.52. The van der Waals surface area contributed by atoms with Crippen molar-refractivity contribution in [2.75, 3.05) is 0 Å². The van der Waals surface area contributed by atoms with Gasteiger partial charge in [0.1, 0.15) is 0 Å². The molecule has 0 bridgehead atoms. The molecule has 0 amide bonds. The Kier molecular flexibility index (Phi) is 2.68. The Hall–Kier alpha value is -2.00. The minimum Gasteiger partial charge on any atom is -0.228 e. The summed E-state index contributed by atoms with van der Waals surface area (Å²) in [7, 11) is 0. The average Bonchev–Trinajstić information content (AvgIpc) is 2.40. The summed E-state index contributed by atoms with van der Waals surface area (Å²) in [5, 5.41) is 4.41. The second kappa shape index (κ2) is 4.47. The maximum absolute atomic E-state index is 4.50. The third-order valence-corrected chi connectivity index (χ3v) is 3.18. The van der Waals surface area contributed by atoms with E-state index in [9.17, 15) is 0 Å².